The Kier molecular flexibility index (Phi) is 8.56. The molecule has 1 aromatic heterocycles. The quantitative estimate of drug-likeness (QED) is 0.345. The second kappa shape index (κ2) is 12.5. The second-order valence-electron chi connectivity index (χ2n) is 11.6. The molecule has 1 amide bonds. The number of ether oxygens (including phenoxy) is 1. The zero-order valence-electron chi connectivity index (χ0n) is 24.6. The van der Waals surface area contributed by atoms with Crippen molar-refractivity contribution in [2.45, 2.75) is 44.3 Å². The lowest BCUT2D eigenvalue weighted by atomic mass is 10.0. The minimum Gasteiger partial charge on any atom is -0.462 e. The van der Waals surface area contributed by atoms with Crippen molar-refractivity contribution in [2.75, 3.05) is 56.2 Å². The molecule has 6 rings (SSSR count). The summed E-state index contributed by atoms with van der Waals surface area (Å²) in [4.78, 5) is 30.1. The van der Waals surface area contributed by atoms with Gasteiger partial charge in [0, 0.05) is 48.9 Å². The summed E-state index contributed by atoms with van der Waals surface area (Å²) in [5.41, 5.74) is 2.56. The summed E-state index contributed by atoms with van der Waals surface area (Å²) in [5.74, 6) is -1.61. The smallest absolute Gasteiger partial charge is 0.318 e. The number of carbonyl (C=O) groups is 1. The van der Waals surface area contributed by atoms with Crippen molar-refractivity contribution in [1.29, 1.82) is 5.26 Å². The fraction of sp³-hybridized carbons (Fsp3) is 0.438. The van der Waals surface area contributed by atoms with E-state index in [1.165, 1.54) is 11.0 Å². The summed E-state index contributed by atoms with van der Waals surface area (Å²) in [6, 6.07) is 11.0. The molecule has 2 atom stereocenters. The summed E-state index contributed by atoms with van der Waals surface area (Å²) in [7, 11) is 2.08. The summed E-state index contributed by atoms with van der Waals surface area (Å²) >= 11 is 6.47. The number of aromatic nitrogens is 2. The molecular weight excluding hydrogens is 588 g/mol. The van der Waals surface area contributed by atoms with Gasteiger partial charge in [-0.15, -0.1) is 0 Å². The number of hydrogen-bond acceptors (Lipinski definition) is 8. The Morgan fingerprint density at radius 2 is 2.00 bits per heavy atom. The number of hydrogen-bond donors (Lipinski definition) is 0. The number of likely N-dealkylation sites (tertiary alicyclic amines) is 1. The molecular formula is C32H34ClF2N7O2. The Labute approximate surface area is 260 Å². The van der Waals surface area contributed by atoms with Gasteiger partial charge in [0.1, 0.15) is 18.2 Å². The highest BCUT2D eigenvalue weighted by atomic mass is 35.5. The average molecular weight is 622 g/mol. The lowest BCUT2D eigenvalue weighted by molar-refractivity contribution is -0.131. The van der Waals surface area contributed by atoms with Crippen molar-refractivity contribution in [3.05, 3.63) is 64.8 Å². The molecule has 0 N–H and O–H groups in total. The molecule has 0 unspecified atom stereocenters. The Morgan fingerprint density at radius 3 is 2.75 bits per heavy atom. The van der Waals surface area contributed by atoms with Crippen LogP contribution in [0.5, 0.6) is 6.01 Å². The molecule has 44 heavy (non-hydrogen) atoms. The van der Waals surface area contributed by atoms with Crippen molar-refractivity contribution in [3.63, 3.8) is 0 Å². The van der Waals surface area contributed by atoms with Crippen LogP contribution in [0.15, 0.2) is 42.7 Å². The van der Waals surface area contributed by atoms with Crippen LogP contribution in [0.25, 0.3) is 10.8 Å². The van der Waals surface area contributed by atoms with E-state index in [1.807, 2.05) is 23.1 Å². The molecule has 0 spiro atoms. The Morgan fingerprint density at radius 1 is 1.16 bits per heavy atom. The van der Waals surface area contributed by atoms with Gasteiger partial charge in [0.05, 0.1) is 35.8 Å². The zero-order valence-corrected chi connectivity index (χ0v) is 25.4. The predicted molar refractivity (Wildman–Crippen MR) is 165 cm³/mol. The molecule has 3 aliphatic heterocycles. The van der Waals surface area contributed by atoms with Crippen molar-refractivity contribution < 1.29 is 18.3 Å². The van der Waals surface area contributed by atoms with E-state index in [2.05, 4.69) is 29.5 Å². The number of anilines is 2. The van der Waals surface area contributed by atoms with E-state index >= 15 is 0 Å². The van der Waals surface area contributed by atoms with E-state index in [4.69, 9.17) is 26.3 Å². The van der Waals surface area contributed by atoms with Gasteiger partial charge in [0.2, 0.25) is 0 Å². The maximum Gasteiger partial charge on any atom is 0.318 e. The Balaban J connectivity index is 1.35. The first-order valence-corrected chi connectivity index (χ1v) is 15.2. The third-order valence-electron chi connectivity index (χ3n) is 8.95. The normalized spacial score (nSPS) is 20.5. The Hall–Kier alpha value is -4.01. The lowest BCUT2D eigenvalue weighted by Gasteiger charge is -2.42. The molecule has 2 aromatic carbocycles. The Bertz CT molecular complexity index is 1650. The number of piperazine rings is 1. The van der Waals surface area contributed by atoms with Crippen molar-refractivity contribution >= 4 is 39.8 Å². The predicted octanol–water partition coefficient (Wildman–Crippen LogP) is 4.87. The summed E-state index contributed by atoms with van der Waals surface area (Å²) in [6.07, 6.45) is 2.79. The zero-order chi connectivity index (χ0) is 31.0. The number of benzene rings is 2. The maximum absolute atomic E-state index is 14.5. The molecule has 3 aromatic rings. The van der Waals surface area contributed by atoms with Gasteiger partial charge < -0.3 is 24.3 Å². The number of halogens is 3. The van der Waals surface area contributed by atoms with Crippen molar-refractivity contribution in [1.82, 2.24) is 19.8 Å². The minimum atomic E-state index is -1.04. The van der Waals surface area contributed by atoms with Gasteiger partial charge in [-0.25, -0.2) is 8.78 Å². The van der Waals surface area contributed by atoms with Gasteiger partial charge in [0.25, 0.3) is 5.91 Å². The van der Waals surface area contributed by atoms with Crippen molar-refractivity contribution in [2.24, 2.45) is 0 Å². The van der Waals surface area contributed by atoms with E-state index < -0.39 is 23.6 Å². The van der Waals surface area contributed by atoms with Gasteiger partial charge in [-0.2, -0.15) is 15.2 Å². The first-order chi connectivity index (χ1) is 21.2. The number of nitriles is 1. The SMILES string of the molecule is C=C(F)C(=O)N1CCN(c2nc(OC[C@@H]3CCCN3C)nc3c2CCN(c2cccc4ccc(F)c(Cl)c24)C3)C[C@@H]1CC#N. The van der Waals surface area contributed by atoms with Gasteiger partial charge in [-0.05, 0) is 50.4 Å². The summed E-state index contributed by atoms with van der Waals surface area (Å²) in [6.45, 7) is 6.61. The molecule has 9 nitrogen and oxygen atoms in total. The van der Waals surface area contributed by atoms with Crippen LogP contribution in [0.1, 0.15) is 30.5 Å². The highest BCUT2D eigenvalue weighted by molar-refractivity contribution is 6.36. The number of nitrogens with zero attached hydrogens (tertiary/aromatic N) is 7. The van der Waals surface area contributed by atoms with Gasteiger partial charge in [-0.3, -0.25) is 4.79 Å². The molecule has 12 heteroatoms. The van der Waals surface area contributed by atoms with Crippen LogP contribution in [0.3, 0.4) is 0 Å². The highest BCUT2D eigenvalue weighted by Gasteiger charge is 2.35. The molecule has 4 heterocycles. The monoisotopic (exact) mass is 621 g/mol. The molecule has 0 aliphatic carbocycles. The number of carbonyl (C=O) groups excluding carboxylic acids is 1. The van der Waals surface area contributed by atoms with Crippen LogP contribution in [-0.2, 0) is 17.8 Å². The number of amides is 1. The summed E-state index contributed by atoms with van der Waals surface area (Å²) in [5, 5.41) is 11.1. The van der Waals surface area contributed by atoms with Gasteiger partial charge in [-0.1, -0.05) is 36.4 Å². The first kappa shape index (κ1) is 30.0. The van der Waals surface area contributed by atoms with E-state index in [0.717, 1.165) is 41.7 Å². The van der Waals surface area contributed by atoms with Gasteiger partial charge in [0.15, 0.2) is 5.83 Å². The largest absolute Gasteiger partial charge is 0.462 e. The average Bonchev–Trinajstić information content (AvgIpc) is 3.44. The topological polar surface area (TPSA) is 88.8 Å². The van der Waals surface area contributed by atoms with Crippen LogP contribution in [0.2, 0.25) is 5.02 Å². The second-order valence-corrected chi connectivity index (χ2v) is 12.0. The number of fused-ring (bicyclic) bond motifs is 2. The molecule has 2 fully saturated rings. The van der Waals surface area contributed by atoms with Gasteiger partial charge >= 0.3 is 6.01 Å². The minimum absolute atomic E-state index is 0.0480. The lowest BCUT2D eigenvalue weighted by Crippen LogP contribution is -2.55. The first-order valence-electron chi connectivity index (χ1n) is 14.9. The summed E-state index contributed by atoms with van der Waals surface area (Å²) < 4.78 is 34.5. The molecule has 230 valence electrons. The number of rotatable bonds is 7. The third kappa shape index (κ3) is 5.76. The molecule has 3 aliphatic rings. The molecule has 0 bridgehead atoms. The highest BCUT2D eigenvalue weighted by Crippen LogP contribution is 2.38. The molecule has 0 saturated carbocycles. The van der Waals surface area contributed by atoms with Crippen LogP contribution in [0.4, 0.5) is 20.3 Å². The fourth-order valence-electron chi connectivity index (χ4n) is 6.59. The fourth-order valence-corrected chi connectivity index (χ4v) is 6.86. The van der Waals surface area contributed by atoms with E-state index in [0.29, 0.717) is 50.4 Å². The third-order valence-corrected chi connectivity index (χ3v) is 9.32. The maximum atomic E-state index is 14.5. The van der Waals surface area contributed by atoms with E-state index in [1.54, 1.807) is 6.07 Å². The van der Waals surface area contributed by atoms with Crippen LogP contribution >= 0.6 is 11.6 Å². The van der Waals surface area contributed by atoms with Crippen molar-refractivity contribution in [3.8, 4) is 12.1 Å². The van der Waals surface area contributed by atoms with E-state index in [9.17, 15) is 18.8 Å². The van der Waals surface area contributed by atoms with Crippen LogP contribution in [0, 0.1) is 17.1 Å². The molecule has 2 saturated heterocycles. The van der Waals surface area contributed by atoms with Crippen LogP contribution in [-0.4, -0.2) is 84.1 Å². The standard InChI is InChI=1S/C32H34ClF2N7O2/c1-20(34)31(43)42-16-15-41(17-22(42)10-12-36)30-24-11-14-40(27-7-3-5-21-8-9-25(35)29(33)28(21)27)18-26(24)37-32(38-30)44-19-23-6-4-13-39(23)2/h3,5,7-9,22-23H,1,4,6,10-11,13-19H2,2H3/t22-,23-/m0/s1. The number of likely N-dealkylation sites (N-methyl/N-ethyl adjacent to an activating group) is 1. The molecule has 0 radical (unpaired) electrons. The van der Waals surface area contributed by atoms with Crippen LogP contribution < -0.4 is 14.5 Å². The van der Waals surface area contributed by atoms with E-state index in [-0.39, 0.29) is 30.0 Å².